The molecule has 0 radical (unpaired) electrons. The maximum absolute atomic E-state index is 12.3. The van der Waals surface area contributed by atoms with E-state index in [1.807, 2.05) is 0 Å². The lowest BCUT2D eigenvalue weighted by atomic mass is 10.3. The lowest BCUT2D eigenvalue weighted by Crippen LogP contribution is -2.41. The van der Waals surface area contributed by atoms with Gasteiger partial charge in [0.25, 0.3) is 6.10 Å². The Balaban J connectivity index is 3.03. The van der Waals surface area contributed by atoms with E-state index in [9.17, 15) is 18.0 Å². The molecule has 0 aliphatic rings. The highest BCUT2D eigenvalue weighted by Gasteiger charge is 2.47. The molecule has 0 heterocycles. The lowest BCUT2D eigenvalue weighted by Gasteiger charge is -2.18. The third-order valence-corrected chi connectivity index (χ3v) is 2.48. The van der Waals surface area contributed by atoms with Crippen LogP contribution >= 0.6 is 23.2 Å². The van der Waals surface area contributed by atoms with Gasteiger partial charge < -0.3 is 9.84 Å². The molecule has 94 valence electrons. The predicted molar refractivity (Wildman–Crippen MR) is 54.6 cm³/mol. The highest BCUT2D eigenvalue weighted by atomic mass is 35.5. The summed E-state index contributed by atoms with van der Waals surface area (Å²) in [6.45, 7) is 0. The van der Waals surface area contributed by atoms with Crippen molar-refractivity contribution in [3.05, 3.63) is 28.2 Å². The molecule has 0 aliphatic heterocycles. The summed E-state index contributed by atoms with van der Waals surface area (Å²) in [6, 6.07) is 3.72. The van der Waals surface area contributed by atoms with Crippen LogP contribution in [0.15, 0.2) is 18.2 Å². The largest absolute Gasteiger partial charge is 0.478 e. The second-order valence-electron chi connectivity index (χ2n) is 2.93. The van der Waals surface area contributed by atoms with Gasteiger partial charge in [-0.25, -0.2) is 4.79 Å². The standard InChI is InChI=1S/C9H5Cl2F3O3/c10-4-2-1-3-5(6(4)11)17-7(8(15)16)9(12,13)14/h1-3,7H,(H,15,16). The van der Waals surface area contributed by atoms with E-state index >= 15 is 0 Å². The van der Waals surface area contributed by atoms with Gasteiger partial charge in [0.2, 0.25) is 0 Å². The number of alkyl halides is 3. The van der Waals surface area contributed by atoms with E-state index in [1.54, 1.807) is 0 Å². The van der Waals surface area contributed by atoms with Crippen LogP contribution < -0.4 is 4.74 Å². The Morgan fingerprint density at radius 1 is 1.35 bits per heavy atom. The second kappa shape index (κ2) is 5.01. The van der Waals surface area contributed by atoms with Gasteiger partial charge in [0.05, 0.1) is 5.02 Å². The summed E-state index contributed by atoms with van der Waals surface area (Å²) in [5, 5.41) is 8.10. The molecule has 0 saturated heterocycles. The van der Waals surface area contributed by atoms with Crippen LogP contribution in [-0.4, -0.2) is 23.4 Å². The van der Waals surface area contributed by atoms with E-state index in [0.29, 0.717) is 0 Å². The maximum Gasteiger partial charge on any atom is 0.436 e. The number of carboxylic acid groups (broad SMARTS) is 1. The van der Waals surface area contributed by atoms with Crippen molar-refractivity contribution in [3.63, 3.8) is 0 Å². The first-order valence-corrected chi connectivity index (χ1v) is 4.89. The molecule has 3 nitrogen and oxygen atoms in total. The predicted octanol–water partition coefficient (Wildman–Crippen LogP) is 3.39. The average molecular weight is 289 g/mol. The third-order valence-electron chi connectivity index (χ3n) is 1.68. The Morgan fingerprint density at radius 2 is 1.94 bits per heavy atom. The summed E-state index contributed by atoms with van der Waals surface area (Å²) < 4.78 is 41.2. The maximum atomic E-state index is 12.3. The lowest BCUT2D eigenvalue weighted by molar-refractivity contribution is -0.207. The van der Waals surface area contributed by atoms with Crippen molar-refractivity contribution < 1.29 is 27.8 Å². The monoisotopic (exact) mass is 288 g/mol. The van der Waals surface area contributed by atoms with Gasteiger partial charge in [0.15, 0.2) is 0 Å². The van der Waals surface area contributed by atoms with Crippen molar-refractivity contribution in [2.75, 3.05) is 0 Å². The van der Waals surface area contributed by atoms with Crippen LogP contribution in [0.1, 0.15) is 0 Å². The van der Waals surface area contributed by atoms with Crippen molar-refractivity contribution in [1.29, 1.82) is 0 Å². The van der Waals surface area contributed by atoms with E-state index < -0.39 is 24.0 Å². The Bertz CT molecular complexity index is 434. The molecule has 0 saturated carbocycles. The molecule has 1 aromatic carbocycles. The Labute approximate surface area is 104 Å². The van der Waals surface area contributed by atoms with E-state index in [-0.39, 0.29) is 10.0 Å². The van der Waals surface area contributed by atoms with Crippen molar-refractivity contribution in [2.24, 2.45) is 0 Å². The summed E-state index contributed by atoms with van der Waals surface area (Å²) >= 11 is 11.1. The molecule has 0 aromatic heterocycles. The normalized spacial score (nSPS) is 13.2. The van der Waals surface area contributed by atoms with Crippen molar-refractivity contribution in [2.45, 2.75) is 12.3 Å². The van der Waals surface area contributed by atoms with E-state index in [0.717, 1.165) is 6.07 Å². The molecule has 1 aromatic rings. The van der Waals surface area contributed by atoms with E-state index in [4.69, 9.17) is 28.3 Å². The van der Waals surface area contributed by atoms with Gasteiger partial charge in [-0.15, -0.1) is 0 Å². The number of benzene rings is 1. The number of aliphatic carboxylic acids is 1. The number of ether oxygens (including phenoxy) is 1. The molecular weight excluding hydrogens is 284 g/mol. The highest BCUT2D eigenvalue weighted by Crippen LogP contribution is 2.34. The average Bonchev–Trinajstić information content (AvgIpc) is 2.17. The molecule has 1 unspecified atom stereocenters. The van der Waals surface area contributed by atoms with Crippen LogP contribution in [-0.2, 0) is 4.79 Å². The molecule has 0 spiro atoms. The first-order chi connectivity index (χ1) is 7.73. The van der Waals surface area contributed by atoms with E-state index in [2.05, 4.69) is 4.74 Å². The van der Waals surface area contributed by atoms with Gasteiger partial charge in [0, 0.05) is 0 Å². The van der Waals surface area contributed by atoms with Gasteiger partial charge in [-0.1, -0.05) is 29.3 Å². The van der Waals surface area contributed by atoms with Crippen LogP contribution in [0.5, 0.6) is 5.75 Å². The quantitative estimate of drug-likeness (QED) is 0.927. The molecule has 0 amide bonds. The van der Waals surface area contributed by atoms with Crippen LogP contribution in [0.2, 0.25) is 10.0 Å². The summed E-state index contributed by atoms with van der Waals surface area (Å²) in [6.07, 6.45) is -8.03. The highest BCUT2D eigenvalue weighted by molar-refractivity contribution is 6.42. The first kappa shape index (κ1) is 13.9. The fourth-order valence-electron chi connectivity index (χ4n) is 0.959. The van der Waals surface area contributed by atoms with Crippen LogP contribution in [0.3, 0.4) is 0 Å². The minimum atomic E-state index is -5.04. The topological polar surface area (TPSA) is 46.5 Å². The molecule has 0 aliphatic carbocycles. The van der Waals surface area contributed by atoms with Gasteiger partial charge in [-0.3, -0.25) is 0 Å². The van der Waals surface area contributed by atoms with Gasteiger partial charge in [0.1, 0.15) is 10.8 Å². The van der Waals surface area contributed by atoms with Crippen LogP contribution in [0.25, 0.3) is 0 Å². The smallest absolute Gasteiger partial charge is 0.436 e. The summed E-state index contributed by atoms with van der Waals surface area (Å²) in [5.41, 5.74) is 0. The number of hydrogen-bond acceptors (Lipinski definition) is 2. The number of hydrogen-bond donors (Lipinski definition) is 1. The molecule has 1 atom stereocenters. The molecule has 1 rings (SSSR count). The second-order valence-corrected chi connectivity index (χ2v) is 3.71. The molecule has 8 heteroatoms. The Morgan fingerprint density at radius 3 is 2.41 bits per heavy atom. The zero-order chi connectivity index (χ0) is 13.2. The van der Waals surface area contributed by atoms with Gasteiger partial charge in [-0.2, -0.15) is 13.2 Å². The van der Waals surface area contributed by atoms with Crippen LogP contribution in [0, 0.1) is 0 Å². The molecule has 0 bridgehead atoms. The summed E-state index contributed by atoms with van der Waals surface area (Å²) in [5.74, 6) is -2.60. The minimum absolute atomic E-state index is 0.0320. The zero-order valence-corrected chi connectivity index (χ0v) is 9.47. The molecule has 0 fully saturated rings. The first-order valence-electron chi connectivity index (χ1n) is 4.13. The zero-order valence-electron chi connectivity index (χ0n) is 7.96. The minimum Gasteiger partial charge on any atom is -0.478 e. The third kappa shape index (κ3) is 3.41. The summed E-state index contributed by atoms with van der Waals surface area (Å²) in [7, 11) is 0. The number of carbonyl (C=O) groups is 1. The fourth-order valence-corrected chi connectivity index (χ4v) is 1.30. The van der Waals surface area contributed by atoms with Crippen molar-refractivity contribution in [3.8, 4) is 5.75 Å². The molecule has 17 heavy (non-hydrogen) atoms. The van der Waals surface area contributed by atoms with Gasteiger partial charge >= 0.3 is 12.1 Å². The Kier molecular flexibility index (Phi) is 4.11. The Hall–Kier alpha value is -1.14. The number of halogens is 5. The summed E-state index contributed by atoms with van der Waals surface area (Å²) in [4.78, 5) is 10.4. The SMILES string of the molecule is O=C(O)C(Oc1cccc(Cl)c1Cl)C(F)(F)F. The van der Waals surface area contributed by atoms with Crippen LogP contribution in [0.4, 0.5) is 13.2 Å². The number of carboxylic acids is 1. The van der Waals surface area contributed by atoms with Crippen molar-refractivity contribution >= 4 is 29.2 Å². The molecule has 1 N–H and O–H groups in total. The fraction of sp³-hybridized carbons (Fsp3) is 0.222. The van der Waals surface area contributed by atoms with Gasteiger partial charge in [-0.05, 0) is 12.1 Å². The van der Waals surface area contributed by atoms with Crippen molar-refractivity contribution in [1.82, 2.24) is 0 Å². The van der Waals surface area contributed by atoms with E-state index in [1.165, 1.54) is 12.1 Å². The number of rotatable bonds is 3. The molecular formula is C9H5Cl2F3O3.